The number of allylic oxidation sites excluding steroid dienone is 1. The molecule has 1 atom stereocenters. The van der Waals surface area contributed by atoms with E-state index in [2.05, 4.69) is 49.0 Å². The van der Waals surface area contributed by atoms with Gasteiger partial charge in [0.05, 0.1) is 38.9 Å². The van der Waals surface area contributed by atoms with Crippen LogP contribution in [0.1, 0.15) is 18.1 Å². The van der Waals surface area contributed by atoms with Crippen molar-refractivity contribution in [2.24, 2.45) is 0 Å². The molecule has 3 aromatic rings. The maximum absolute atomic E-state index is 13.8. The van der Waals surface area contributed by atoms with Crippen molar-refractivity contribution in [3.63, 3.8) is 0 Å². The molecule has 0 amide bonds. The Morgan fingerprint density at radius 2 is 1.83 bits per heavy atom. The predicted octanol–water partition coefficient (Wildman–Crippen LogP) is 5.81. The summed E-state index contributed by atoms with van der Waals surface area (Å²) in [5.41, 5.74) is 4.68. The predicted molar refractivity (Wildman–Crippen MR) is 149 cm³/mol. The Kier molecular flexibility index (Phi) is 8.87. The van der Waals surface area contributed by atoms with E-state index < -0.39 is 24.1 Å². The van der Waals surface area contributed by atoms with E-state index in [-0.39, 0.29) is 11.4 Å². The first-order chi connectivity index (χ1) is 17.1. The molecule has 0 saturated heterocycles. The highest BCUT2D eigenvalue weighted by Crippen LogP contribution is 2.31. The average Bonchev–Trinajstić information content (AvgIpc) is 3.32. The van der Waals surface area contributed by atoms with E-state index in [1.807, 2.05) is 31.2 Å². The van der Waals surface area contributed by atoms with Crippen molar-refractivity contribution in [3.8, 4) is 29.4 Å². The van der Waals surface area contributed by atoms with Crippen LogP contribution in [0, 0.1) is 30.6 Å². The van der Waals surface area contributed by atoms with Gasteiger partial charge >= 0.3 is 0 Å². The van der Waals surface area contributed by atoms with Crippen LogP contribution in [0.25, 0.3) is 11.0 Å². The molecule has 0 bridgehead atoms. The number of hydrogen-bond donors (Lipinski definition) is 0. The second kappa shape index (κ2) is 11.7. The number of ether oxygens (including phenoxy) is 1. The fourth-order valence-electron chi connectivity index (χ4n) is 3.67. The van der Waals surface area contributed by atoms with Gasteiger partial charge in [0.15, 0.2) is 11.3 Å². The Hall–Kier alpha value is -3.23. The highest BCUT2D eigenvalue weighted by Gasteiger charge is 2.31. The van der Waals surface area contributed by atoms with Gasteiger partial charge in [-0.2, -0.15) is 4.31 Å². The second-order valence-corrected chi connectivity index (χ2v) is 16.5. The van der Waals surface area contributed by atoms with E-state index in [0.717, 1.165) is 16.5 Å². The Labute approximate surface area is 216 Å². The molecule has 188 valence electrons. The van der Waals surface area contributed by atoms with E-state index in [4.69, 9.17) is 9.15 Å². The van der Waals surface area contributed by atoms with E-state index in [1.54, 1.807) is 44.6 Å². The summed E-state index contributed by atoms with van der Waals surface area (Å²) >= 11 is 0. The topological polar surface area (TPSA) is 59.8 Å². The summed E-state index contributed by atoms with van der Waals surface area (Å²) in [6.07, 6.45) is 3.82. The van der Waals surface area contributed by atoms with Gasteiger partial charge in [0.25, 0.3) is 0 Å². The average molecular weight is 520 g/mol. The molecule has 3 rings (SSSR count). The van der Waals surface area contributed by atoms with Crippen LogP contribution in [-0.2, 0) is 16.4 Å². The van der Waals surface area contributed by atoms with E-state index in [9.17, 15) is 8.42 Å². The zero-order chi connectivity index (χ0) is 26.3. The van der Waals surface area contributed by atoms with Gasteiger partial charge in [0.2, 0.25) is 10.0 Å². The van der Waals surface area contributed by atoms with Crippen LogP contribution < -0.4 is 4.74 Å². The minimum Gasteiger partial charge on any atom is -0.493 e. The first kappa shape index (κ1) is 27.4. The quantitative estimate of drug-likeness (QED) is 0.278. The number of hydrogen-bond acceptors (Lipinski definition) is 4. The summed E-state index contributed by atoms with van der Waals surface area (Å²) in [4.78, 5) is 0.221. The third-order valence-corrected chi connectivity index (χ3v) is 8.64. The molecule has 0 spiro atoms. The van der Waals surface area contributed by atoms with Gasteiger partial charge in [-0.3, -0.25) is 0 Å². The molecule has 36 heavy (non-hydrogen) atoms. The van der Waals surface area contributed by atoms with Crippen LogP contribution in [-0.4, -0.2) is 40.5 Å². The number of fused-ring (bicyclic) bond motifs is 1. The highest BCUT2D eigenvalue weighted by atomic mass is 32.2. The summed E-state index contributed by atoms with van der Waals surface area (Å²) < 4.78 is 40.1. The Balaban J connectivity index is 2.12. The lowest BCUT2D eigenvalue weighted by Gasteiger charge is -2.26. The van der Waals surface area contributed by atoms with Crippen LogP contribution in [0.3, 0.4) is 0 Å². The first-order valence-electron chi connectivity index (χ1n) is 11.8. The molecular weight excluding hydrogens is 486 g/mol. The van der Waals surface area contributed by atoms with Crippen molar-refractivity contribution >= 4 is 29.1 Å². The van der Waals surface area contributed by atoms with Gasteiger partial charge in [0.1, 0.15) is 0 Å². The molecular formula is C29H33NO4SSi. The fourth-order valence-corrected chi connectivity index (χ4v) is 5.70. The van der Waals surface area contributed by atoms with Gasteiger partial charge in [0, 0.05) is 11.8 Å². The van der Waals surface area contributed by atoms with Crippen LogP contribution in [0.15, 0.2) is 69.8 Å². The molecule has 5 nitrogen and oxygen atoms in total. The highest BCUT2D eigenvalue weighted by molar-refractivity contribution is 7.89. The lowest BCUT2D eigenvalue weighted by Crippen LogP contribution is -2.41. The minimum atomic E-state index is -3.86. The molecule has 0 fully saturated rings. The molecule has 0 N–H and O–H groups in total. The van der Waals surface area contributed by atoms with Crippen LogP contribution in [0.4, 0.5) is 0 Å². The summed E-state index contributed by atoms with van der Waals surface area (Å²) in [7, 11) is -3.72. The molecule has 0 radical (unpaired) electrons. The molecule has 7 heteroatoms. The van der Waals surface area contributed by atoms with Crippen molar-refractivity contribution in [1.82, 2.24) is 4.31 Å². The molecule has 0 aliphatic heterocycles. The Morgan fingerprint density at radius 3 is 2.47 bits per heavy atom. The van der Waals surface area contributed by atoms with E-state index in [0.29, 0.717) is 17.8 Å². The van der Waals surface area contributed by atoms with Crippen molar-refractivity contribution in [1.29, 1.82) is 0 Å². The summed E-state index contributed by atoms with van der Waals surface area (Å²) in [5.74, 6) is 12.7. The standard InChI is InChI=1S/C29H33NO4SSi/c1-7-8-19-30(35(31,32)26-15-12-23(2)13-16-26)25(11-9-10-21-36(4,5)6)22-24-14-17-28(33-3)29-27(24)18-20-34-29/h10,12-18,20-21,25H,19,22H2,1-6H3/b21-10+/t25-/m0/s1. The third kappa shape index (κ3) is 6.70. The molecule has 2 aromatic carbocycles. The lowest BCUT2D eigenvalue weighted by molar-refractivity contribution is 0.399. The smallest absolute Gasteiger partial charge is 0.245 e. The number of furan rings is 1. The monoisotopic (exact) mass is 519 g/mol. The molecule has 0 saturated carbocycles. The molecule has 0 aliphatic rings. The SMILES string of the molecule is CC#CCN([C@@H](C#C/C=C/[Si](C)(C)C)Cc1ccc(OC)c2occc12)S(=O)(=O)c1ccc(C)cc1. The summed E-state index contributed by atoms with van der Waals surface area (Å²) in [6, 6.07) is 11.9. The van der Waals surface area contributed by atoms with Crippen LogP contribution >= 0.6 is 0 Å². The molecule has 0 unspecified atom stereocenters. The van der Waals surface area contributed by atoms with Gasteiger partial charge in [-0.25, -0.2) is 8.42 Å². The number of benzene rings is 2. The normalized spacial score (nSPS) is 12.8. The Bertz CT molecular complexity index is 1460. The number of sulfonamides is 1. The summed E-state index contributed by atoms with van der Waals surface area (Å²) in [5, 5.41) is 0.869. The van der Waals surface area contributed by atoms with E-state index in [1.165, 1.54) is 4.31 Å². The number of methoxy groups -OCH3 is 1. The van der Waals surface area contributed by atoms with Gasteiger partial charge < -0.3 is 9.15 Å². The molecule has 0 aliphatic carbocycles. The van der Waals surface area contributed by atoms with Crippen molar-refractivity contribution in [3.05, 3.63) is 71.6 Å². The number of aryl methyl sites for hydroxylation is 1. The third-order valence-electron chi connectivity index (χ3n) is 5.61. The van der Waals surface area contributed by atoms with Gasteiger partial charge in [-0.15, -0.1) is 5.92 Å². The maximum Gasteiger partial charge on any atom is 0.245 e. The molecule has 1 aromatic heterocycles. The van der Waals surface area contributed by atoms with Gasteiger partial charge in [-0.1, -0.05) is 66.9 Å². The zero-order valence-electron chi connectivity index (χ0n) is 21.8. The van der Waals surface area contributed by atoms with Crippen LogP contribution in [0.5, 0.6) is 5.75 Å². The lowest BCUT2D eigenvalue weighted by atomic mass is 10.0. The van der Waals surface area contributed by atoms with Crippen LogP contribution in [0.2, 0.25) is 19.6 Å². The fraction of sp³-hybridized carbons (Fsp3) is 0.310. The maximum atomic E-state index is 13.8. The Morgan fingerprint density at radius 1 is 1.11 bits per heavy atom. The number of nitrogens with zero attached hydrogens (tertiary/aromatic N) is 1. The molecule has 1 heterocycles. The van der Waals surface area contributed by atoms with Crippen molar-refractivity contribution < 1.29 is 17.6 Å². The summed E-state index contributed by atoms with van der Waals surface area (Å²) in [6.45, 7) is 10.3. The first-order valence-corrected chi connectivity index (χ1v) is 16.8. The van der Waals surface area contributed by atoms with Crippen molar-refractivity contribution in [2.75, 3.05) is 13.7 Å². The largest absolute Gasteiger partial charge is 0.493 e. The zero-order valence-corrected chi connectivity index (χ0v) is 23.6. The van der Waals surface area contributed by atoms with Crippen molar-refractivity contribution in [2.45, 2.75) is 50.8 Å². The second-order valence-electron chi connectivity index (χ2n) is 9.59. The minimum absolute atomic E-state index is 0.0362. The van der Waals surface area contributed by atoms with Gasteiger partial charge in [-0.05, 0) is 49.8 Å². The van der Waals surface area contributed by atoms with E-state index >= 15 is 0 Å². The number of rotatable bonds is 8.